The van der Waals surface area contributed by atoms with Crippen LogP contribution >= 0.6 is 0 Å². The molecule has 0 heterocycles. The molecule has 37 heavy (non-hydrogen) atoms. The van der Waals surface area contributed by atoms with Crippen LogP contribution in [0.1, 0.15) is 68.9 Å². The van der Waals surface area contributed by atoms with Crippen molar-refractivity contribution in [3.63, 3.8) is 0 Å². The van der Waals surface area contributed by atoms with E-state index in [0.717, 1.165) is 43.2 Å². The molecule has 2 aliphatic rings. The van der Waals surface area contributed by atoms with Crippen LogP contribution < -0.4 is 0 Å². The van der Waals surface area contributed by atoms with Crippen molar-refractivity contribution in [3.8, 4) is 0 Å². The van der Waals surface area contributed by atoms with Gasteiger partial charge in [-0.2, -0.15) is 0 Å². The van der Waals surface area contributed by atoms with E-state index < -0.39 is 49.5 Å². The zero-order valence-corrected chi connectivity index (χ0v) is 21.7. The highest BCUT2D eigenvalue weighted by Gasteiger charge is 2.41. The van der Waals surface area contributed by atoms with E-state index in [9.17, 15) is 35.4 Å². The molecule has 1 aromatic rings. The van der Waals surface area contributed by atoms with E-state index in [1.807, 2.05) is 12.1 Å². The molecule has 0 spiro atoms. The summed E-state index contributed by atoms with van der Waals surface area (Å²) in [5.74, 6) is -0.451. The Labute approximate surface area is 219 Å². The molecule has 0 unspecified atom stereocenters. The summed E-state index contributed by atoms with van der Waals surface area (Å²) >= 11 is 0. The van der Waals surface area contributed by atoms with E-state index >= 15 is 0 Å². The molecule has 2 aliphatic carbocycles. The molecule has 1 aromatic carbocycles. The van der Waals surface area contributed by atoms with Gasteiger partial charge in [0.15, 0.2) is 0 Å². The minimum atomic E-state index is -1.21. The molecular weight excluding hydrogens is 476 g/mol. The van der Waals surface area contributed by atoms with Crippen LogP contribution in [0.2, 0.25) is 0 Å². The molecular formula is C29H44O8. The zero-order chi connectivity index (χ0) is 26.8. The number of hydrogen-bond acceptors (Lipinski definition) is 8. The molecule has 6 N–H and O–H groups in total. The Morgan fingerprint density at radius 3 is 2.27 bits per heavy atom. The van der Waals surface area contributed by atoms with Gasteiger partial charge in [0, 0.05) is 6.42 Å². The lowest BCUT2D eigenvalue weighted by Gasteiger charge is -2.26. The second-order valence-corrected chi connectivity index (χ2v) is 11.0. The fourth-order valence-electron chi connectivity index (χ4n) is 5.63. The predicted octanol–water partition coefficient (Wildman–Crippen LogP) is 1.97. The molecule has 0 aliphatic heterocycles. The lowest BCUT2D eigenvalue weighted by molar-refractivity contribution is -0.151. The topological polar surface area (TPSA) is 148 Å². The summed E-state index contributed by atoms with van der Waals surface area (Å²) in [5, 5.41) is 59.7. The van der Waals surface area contributed by atoms with Crippen molar-refractivity contribution >= 4 is 12.0 Å². The molecule has 0 amide bonds. The second kappa shape index (κ2) is 14.4. The van der Waals surface area contributed by atoms with Gasteiger partial charge in [0.25, 0.3) is 0 Å². The Bertz CT molecular complexity index is 872. The largest absolute Gasteiger partial charge is 0.465 e. The molecule has 1 saturated carbocycles. The highest BCUT2D eigenvalue weighted by Crippen LogP contribution is 2.40. The molecule has 0 aromatic heterocycles. The molecule has 5 atom stereocenters. The van der Waals surface area contributed by atoms with Gasteiger partial charge in [-0.15, -0.1) is 0 Å². The number of benzene rings is 1. The molecule has 0 radical (unpaired) electrons. The first-order valence-electron chi connectivity index (χ1n) is 13.6. The van der Waals surface area contributed by atoms with Gasteiger partial charge in [0.2, 0.25) is 0 Å². The summed E-state index contributed by atoms with van der Waals surface area (Å²) in [6.07, 6.45) is 7.06. The fraction of sp³-hybridized carbons (Fsp3) is 0.690. The third-order valence-electron chi connectivity index (χ3n) is 8.23. The van der Waals surface area contributed by atoms with E-state index in [2.05, 4.69) is 18.2 Å². The Morgan fingerprint density at radius 2 is 1.59 bits per heavy atom. The van der Waals surface area contributed by atoms with Gasteiger partial charge in [-0.3, -0.25) is 4.79 Å². The number of unbranched alkanes of at least 4 members (excludes halogenated alkanes) is 3. The Hall–Kier alpha value is -1.81. The maximum Gasteiger partial charge on any atom is 0.305 e. The van der Waals surface area contributed by atoms with Crippen LogP contribution in [0, 0.1) is 17.3 Å². The minimum absolute atomic E-state index is 0.00508. The molecule has 8 nitrogen and oxygen atoms in total. The van der Waals surface area contributed by atoms with Gasteiger partial charge in [-0.1, -0.05) is 49.6 Å². The highest BCUT2D eigenvalue weighted by molar-refractivity contribution is 5.69. The van der Waals surface area contributed by atoms with Gasteiger partial charge in [-0.05, 0) is 67.1 Å². The Kier molecular flexibility index (Phi) is 11.6. The average molecular weight is 521 g/mol. The summed E-state index contributed by atoms with van der Waals surface area (Å²) in [7, 11) is 0. The number of rotatable bonds is 16. The van der Waals surface area contributed by atoms with Gasteiger partial charge in [0.05, 0.1) is 43.5 Å². The van der Waals surface area contributed by atoms with E-state index in [-0.39, 0.29) is 24.9 Å². The predicted molar refractivity (Wildman–Crippen MR) is 139 cm³/mol. The quantitative estimate of drug-likeness (QED) is 0.143. The van der Waals surface area contributed by atoms with Crippen LogP contribution in [0.3, 0.4) is 0 Å². The van der Waals surface area contributed by atoms with Crippen LogP contribution in [0.5, 0.6) is 0 Å². The van der Waals surface area contributed by atoms with Crippen LogP contribution in [0.4, 0.5) is 0 Å². The summed E-state index contributed by atoms with van der Waals surface area (Å²) < 4.78 is 5.11. The van der Waals surface area contributed by atoms with Gasteiger partial charge in [-0.25, -0.2) is 0 Å². The van der Waals surface area contributed by atoms with Crippen LogP contribution in [-0.4, -0.2) is 81.3 Å². The first kappa shape index (κ1) is 29.7. The smallest absolute Gasteiger partial charge is 0.305 e. The van der Waals surface area contributed by atoms with Crippen LogP contribution in [-0.2, 0) is 16.0 Å². The summed E-state index contributed by atoms with van der Waals surface area (Å²) in [6.45, 7) is -1.64. The maximum absolute atomic E-state index is 11.9. The molecule has 8 heteroatoms. The van der Waals surface area contributed by atoms with E-state index in [0.29, 0.717) is 25.7 Å². The number of fused-ring (bicyclic) bond motifs is 1. The van der Waals surface area contributed by atoms with Gasteiger partial charge >= 0.3 is 5.97 Å². The number of carbonyl (C=O) groups is 1. The average Bonchev–Trinajstić information content (AvgIpc) is 3.46. The van der Waals surface area contributed by atoms with Crippen LogP contribution in [0.25, 0.3) is 6.08 Å². The Morgan fingerprint density at radius 1 is 0.946 bits per heavy atom. The van der Waals surface area contributed by atoms with Crippen molar-refractivity contribution in [1.29, 1.82) is 0 Å². The van der Waals surface area contributed by atoms with Crippen molar-refractivity contribution in [2.24, 2.45) is 17.3 Å². The number of hydrogen-bond donors (Lipinski definition) is 6. The SMILES string of the molecule is O=C(CCCCCC[C@@H]1[C@@H](CC[C@@H](O)C2=Cc3ccccc3C2)[C@H](O)C[C@@H]1O)OCC(CO)(CO)CO. The van der Waals surface area contributed by atoms with Crippen molar-refractivity contribution < 1.29 is 40.2 Å². The first-order valence-corrected chi connectivity index (χ1v) is 13.6. The highest BCUT2D eigenvalue weighted by atomic mass is 16.5. The van der Waals surface area contributed by atoms with Crippen molar-refractivity contribution in [2.45, 2.75) is 82.5 Å². The minimum Gasteiger partial charge on any atom is -0.465 e. The lowest BCUT2D eigenvalue weighted by Crippen LogP contribution is -2.39. The number of aliphatic hydroxyl groups is 6. The molecule has 0 saturated heterocycles. The summed E-state index contributed by atoms with van der Waals surface area (Å²) in [4.78, 5) is 11.9. The van der Waals surface area contributed by atoms with E-state index in [1.165, 1.54) is 5.56 Å². The first-order chi connectivity index (χ1) is 17.8. The van der Waals surface area contributed by atoms with E-state index in [4.69, 9.17) is 4.74 Å². The van der Waals surface area contributed by atoms with Crippen LogP contribution in [0.15, 0.2) is 29.8 Å². The number of esters is 1. The third kappa shape index (κ3) is 8.09. The van der Waals surface area contributed by atoms with Gasteiger partial charge in [0.1, 0.15) is 6.61 Å². The van der Waals surface area contributed by atoms with Crippen molar-refractivity contribution in [2.75, 3.05) is 26.4 Å². The molecule has 208 valence electrons. The van der Waals surface area contributed by atoms with Crippen molar-refractivity contribution in [3.05, 3.63) is 41.0 Å². The number of aliphatic hydroxyl groups excluding tert-OH is 6. The standard InChI is InChI=1S/C29H44O8/c30-16-29(17-31,18-32)19-37-28(36)10-4-2-1-3-9-23-24(27(35)15-26(23)34)11-12-25(33)22-13-20-7-5-6-8-21(20)14-22/h5-8,13,23-27,30-35H,1-4,9-12,14-19H2/t23-,24-,25-,26+,27-/m1/s1. The summed E-state index contributed by atoms with van der Waals surface area (Å²) in [5.41, 5.74) is 2.19. The van der Waals surface area contributed by atoms with E-state index in [1.54, 1.807) is 0 Å². The molecule has 0 bridgehead atoms. The summed E-state index contributed by atoms with van der Waals surface area (Å²) in [6, 6.07) is 8.14. The molecule has 3 rings (SSSR count). The van der Waals surface area contributed by atoms with Crippen molar-refractivity contribution in [1.82, 2.24) is 0 Å². The Balaban J connectivity index is 1.34. The second-order valence-electron chi connectivity index (χ2n) is 11.0. The molecule has 1 fully saturated rings. The fourth-order valence-corrected chi connectivity index (χ4v) is 5.63. The maximum atomic E-state index is 11.9. The van der Waals surface area contributed by atoms with Gasteiger partial charge < -0.3 is 35.4 Å². The monoisotopic (exact) mass is 520 g/mol. The lowest BCUT2D eigenvalue weighted by atomic mass is 9.84. The number of ether oxygens (including phenoxy) is 1. The number of carbonyl (C=O) groups excluding carboxylic acids is 1. The third-order valence-corrected chi connectivity index (χ3v) is 8.23. The normalized spacial score (nSPS) is 24.1. The zero-order valence-electron chi connectivity index (χ0n) is 21.7.